The van der Waals surface area contributed by atoms with Crippen molar-refractivity contribution in [3.05, 3.63) is 18.2 Å². The summed E-state index contributed by atoms with van der Waals surface area (Å²) in [6, 6.07) is 0.468. The molecule has 0 amide bonds. The minimum absolute atomic E-state index is 0.0312. The molecular formula is C11H16N2O2. The minimum Gasteiger partial charge on any atom is -0.481 e. The predicted molar refractivity (Wildman–Crippen MR) is 55.7 cm³/mol. The van der Waals surface area contributed by atoms with Crippen molar-refractivity contribution in [1.82, 2.24) is 9.55 Å². The first-order valence-corrected chi connectivity index (χ1v) is 5.51. The molecule has 2 rings (SSSR count). The van der Waals surface area contributed by atoms with Gasteiger partial charge in [0.15, 0.2) is 0 Å². The zero-order valence-corrected chi connectivity index (χ0v) is 8.72. The molecule has 15 heavy (non-hydrogen) atoms. The van der Waals surface area contributed by atoms with Gasteiger partial charge in [0.05, 0.1) is 0 Å². The molecule has 4 heteroatoms. The van der Waals surface area contributed by atoms with E-state index in [0.29, 0.717) is 11.9 Å². The van der Waals surface area contributed by atoms with Crippen LogP contribution in [0.15, 0.2) is 12.4 Å². The van der Waals surface area contributed by atoms with E-state index in [0.717, 1.165) is 12.8 Å². The molecule has 1 fully saturated rings. The maximum Gasteiger partial charge on any atom is 0.311 e. The topological polar surface area (TPSA) is 55.1 Å². The van der Waals surface area contributed by atoms with Crippen LogP contribution in [0.5, 0.6) is 0 Å². The van der Waals surface area contributed by atoms with Crippen LogP contribution in [0.3, 0.4) is 0 Å². The van der Waals surface area contributed by atoms with Crippen LogP contribution < -0.4 is 0 Å². The second kappa shape index (κ2) is 4.47. The molecule has 82 valence electrons. The van der Waals surface area contributed by atoms with E-state index in [-0.39, 0.29) is 6.42 Å². The molecule has 4 nitrogen and oxygen atoms in total. The Labute approximate surface area is 88.9 Å². The fraction of sp³-hybridized carbons (Fsp3) is 0.636. The van der Waals surface area contributed by atoms with Gasteiger partial charge in [0, 0.05) is 18.4 Å². The number of nitrogens with zero attached hydrogens (tertiary/aromatic N) is 2. The van der Waals surface area contributed by atoms with E-state index in [1.807, 2.05) is 10.8 Å². The van der Waals surface area contributed by atoms with Crippen LogP contribution in [-0.2, 0) is 11.2 Å². The summed E-state index contributed by atoms with van der Waals surface area (Å²) in [5.41, 5.74) is 0. The lowest BCUT2D eigenvalue weighted by Crippen LogP contribution is -2.16. The largest absolute Gasteiger partial charge is 0.481 e. The van der Waals surface area contributed by atoms with Crippen molar-refractivity contribution in [3.8, 4) is 0 Å². The van der Waals surface area contributed by atoms with Crippen LogP contribution in [0.25, 0.3) is 0 Å². The molecule has 1 aliphatic rings. The summed E-state index contributed by atoms with van der Waals surface area (Å²) in [6.45, 7) is 0. The lowest BCUT2D eigenvalue weighted by Gasteiger charge is -2.24. The van der Waals surface area contributed by atoms with Gasteiger partial charge in [-0.1, -0.05) is 19.3 Å². The van der Waals surface area contributed by atoms with Crippen LogP contribution >= 0.6 is 0 Å². The summed E-state index contributed by atoms with van der Waals surface area (Å²) < 4.78 is 2.05. The Morgan fingerprint density at radius 3 is 2.87 bits per heavy atom. The number of aliphatic carboxylic acids is 1. The van der Waals surface area contributed by atoms with Crippen LogP contribution in [-0.4, -0.2) is 20.6 Å². The third-order valence-electron chi connectivity index (χ3n) is 3.03. The SMILES string of the molecule is O=C(O)Cc1nccn1C1CCCCC1. The van der Waals surface area contributed by atoms with Crippen LogP contribution in [0.1, 0.15) is 44.0 Å². The van der Waals surface area contributed by atoms with Gasteiger partial charge in [-0.3, -0.25) is 4.79 Å². The third-order valence-corrected chi connectivity index (χ3v) is 3.03. The lowest BCUT2D eigenvalue weighted by atomic mass is 9.95. The van der Waals surface area contributed by atoms with Crippen molar-refractivity contribution in [2.75, 3.05) is 0 Å². The predicted octanol–water partition coefficient (Wildman–Crippen LogP) is 2.02. The summed E-state index contributed by atoms with van der Waals surface area (Å²) in [7, 11) is 0. The average Bonchev–Trinajstić information content (AvgIpc) is 2.66. The second-order valence-corrected chi connectivity index (χ2v) is 4.11. The van der Waals surface area contributed by atoms with E-state index >= 15 is 0 Å². The van der Waals surface area contributed by atoms with Gasteiger partial charge >= 0.3 is 5.97 Å². The van der Waals surface area contributed by atoms with Gasteiger partial charge < -0.3 is 9.67 Å². The van der Waals surface area contributed by atoms with E-state index in [4.69, 9.17) is 5.11 Å². The quantitative estimate of drug-likeness (QED) is 0.826. The van der Waals surface area contributed by atoms with Gasteiger partial charge in [-0.15, -0.1) is 0 Å². The number of carbonyl (C=O) groups is 1. The fourth-order valence-corrected chi connectivity index (χ4v) is 2.31. The first-order valence-electron chi connectivity index (χ1n) is 5.51. The van der Waals surface area contributed by atoms with E-state index in [1.165, 1.54) is 19.3 Å². The molecule has 1 aromatic heterocycles. The molecule has 0 saturated heterocycles. The summed E-state index contributed by atoms with van der Waals surface area (Å²) in [5.74, 6) is -0.118. The molecule has 1 N–H and O–H groups in total. The molecule has 0 aromatic carbocycles. The fourth-order valence-electron chi connectivity index (χ4n) is 2.31. The van der Waals surface area contributed by atoms with Crippen molar-refractivity contribution in [1.29, 1.82) is 0 Å². The van der Waals surface area contributed by atoms with Gasteiger partial charge in [-0.25, -0.2) is 4.98 Å². The van der Waals surface area contributed by atoms with Gasteiger partial charge in [-0.2, -0.15) is 0 Å². The Morgan fingerprint density at radius 2 is 2.20 bits per heavy atom. The highest BCUT2D eigenvalue weighted by atomic mass is 16.4. The Kier molecular flexibility index (Phi) is 3.04. The molecule has 0 radical (unpaired) electrons. The standard InChI is InChI=1S/C11H16N2O2/c14-11(15)8-10-12-6-7-13(10)9-4-2-1-3-5-9/h6-7,9H,1-5,8H2,(H,14,15). The van der Waals surface area contributed by atoms with E-state index < -0.39 is 5.97 Å². The zero-order valence-electron chi connectivity index (χ0n) is 8.72. The molecule has 1 heterocycles. The van der Waals surface area contributed by atoms with E-state index in [1.54, 1.807) is 6.20 Å². The first-order chi connectivity index (χ1) is 7.27. The summed E-state index contributed by atoms with van der Waals surface area (Å²) in [6.07, 6.45) is 9.75. The van der Waals surface area contributed by atoms with Crippen LogP contribution in [0.2, 0.25) is 0 Å². The second-order valence-electron chi connectivity index (χ2n) is 4.11. The molecule has 0 atom stereocenters. The number of imidazole rings is 1. The van der Waals surface area contributed by atoms with Crippen molar-refractivity contribution in [3.63, 3.8) is 0 Å². The minimum atomic E-state index is -0.807. The molecule has 1 aromatic rings. The van der Waals surface area contributed by atoms with Crippen LogP contribution in [0.4, 0.5) is 0 Å². The summed E-state index contributed by atoms with van der Waals surface area (Å²) in [4.78, 5) is 14.8. The van der Waals surface area contributed by atoms with Crippen molar-refractivity contribution >= 4 is 5.97 Å². The van der Waals surface area contributed by atoms with Crippen LogP contribution in [0, 0.1) is 0 Å². The highest BCUT2D eigenvalue weighted by molar-refractivity contribution is 5.69. The Balaban J connectivity index is 2.12. The van der Waals surface area contributed by atoms with E-state index in [9.17, 15) is 4.79 Å². The van der Waals surface area contributed by atoms with Crippen molar-refractivity contribution in [2.45, 2.75) is 44.6 Å². The number of carboxylic acid groups (broad SMARTS) is 1. The molecule has 1 aliphatic carbocycles. The summed E-state index contributed by atoms with van der Waals surface area (Å²) in [5, 5.41) is 8.75. The van der Waals surface area contributed by atoms with Gasteiger partial charge in [0.2, 0.25) is 0 Å². The van der Waals surface area contributed by atoms with Gasteiger partial charge in [0.1, 0.15) is 12.2 Å². The number of hydrogen-bond donors (Lipinski definition) is 1. The molecular weight excluding hydrogens is 192 g/mol. The first kappa shape index (κ1) is 10.2. The van der Waals surface area contributed by atoms with Gasteiger partial charge in [0.25, 0.3) is 0 Å². The monoisotopic (exact) mass is 208 g/mol. The zero-order chi connectivity index (χ0) is 10.7. The number of carboxylic acids is 1. The number of hydrogen-bond acceptors (Lipinski definition) is 2. The Morgan fingerprint density at radius 1 is 1.47 bits per heavy atom. The Bertz CT molecular complexity index is 340. The molecule has 0 bridgehead atoms. The van der Waals surface area contributed by atoms with Crippen molar-refractivity contribution < 1.29 is 9.90 Å². The third kappa shape index (κ3) is 2.37. The average molecular weight is 208 g/mol. The molecule has 0 unspecified atom stereocenters. The number of rotatable bonds is 3. The maximum absolute atomic E-state index is 10.6. The summed E-state index contributed by atoms with van der Waals surface area (Å²) >= 11 is 0. The highest BCUT2D eigenvalue weighted by Gasteiger charge is 2.18. The normalized spacial score (nSPS) is 17.9. The van der Waals surface area contributed by atoms with Gasteiger partial charge in [-0.05, 0) is 12.8 Å². The Hall–Kier alpha value is -1.32. The number of aromatic nitrogens is 2. The van der Waals surface area contributed by atoms with Crippen molar-refractivity contribution in [2.24, 2.45) is 0 Å². The smallest absolute Gasteiger partial charge is 0.311 e. The highest BCUT2D eigenvalue weighted by Crippen LogP contribution is 2.28. The molecule has 1 saturated carbocycles. The maximum atomic E-state index is 10.6. The molecule has 0 aliphatic heterocycles. The van der Waals surface area contributed by atoms with E-state index in [2.05, 4.69) is 4.98 Å². The lowest BCUT2D eigenvalue weighted by molar-refractivity contribution is -0.136. The molecule has 0 spiro atoms.